The lowest BCUT2D eigenvalue weighted by atomic mass is 10.2. The van der Waals surface area contributed by atoms with Gasteiger partial charge in [-0.15, -0.1) is 0 Å². The van der Waals surface area contributed by atoms with Crippen LogP contribution in [0.1, 0.15) is 18.4 Å². The molecule has 124 valence electrons. The number of anilines is 1. The maximum absolute atomic E-state index is 12.0. The predicted molar refractivity (Wildman–Crippen MR) is 90.3 cm³/mol. The summed E-state index contributed by atoms with van der Waals surface area (Å²) >= 11 is 0. The molecule has 3 rings (SSSR count). The molecule has 6 nitrogen and oxygen atoms in total. The second kappa shape index (κ2) is 7.12. The van der Waals surface area contributed by atoms with Crippen molar-refractivity contribution < 1.29 is 9.59 Å². The summed E-state index contributed by atoms with van der Waals surface area (Å²) in [4.78, 5) is 35.3. The summed E-state index contributed by atoms with van der Waals surface area (Å²) in [7, 11) is 0. The highest BCUT2D eigenvalue weighted by Gasteiger charge is 2.29. The van der Waals surface area contributed by atoms with E-state index >= 15 is 0 Å². The van der Waals surface area contributed by atoms with Crippen molar-refractivity contribution in [3.63, 3.8) is 0 Å². The normalized spacial score (nSPS) is 13.3. The summed E-state index contributed by atoms with van der Waals surface area (Å²) in [5, 5.41) is 5.66. The van der Waals surface area contributed by atoms with Crippen LogP contribution in [0.2, 0.25) is 0 Å². The van der Waals surface area contributed by atoms with Gasteiger partial charge in [-0.2, -0.15) is 0 Å². The second-order valence-electron chi connectivity index (χ2n) is 5.91. The highest BCUT2D eigenvalue weighted by Crippen LogP contribution is 2.30. The van der Waals surface area contributed by atoms with Crippen LogP contribution in [0.4, 0.5) is 5.69 Å². The van der Waals surface area contributed by atoms with Crippen molar-refractivity contribution in [3.05, 3.63) is 64.6 Å². The summed E-state index contributed by atoms with van der Waals surface area (Å²) < 4.78 is 1.35. The molecule has 1 fully saturated rings. The summed E-state index contributed by atoms with van der Waals surface area (Å²) in [5.41, 5.74) is 1.41. The maximum Gasteiger partial charge on any atom is 0.250 e. The summed E-state index contributed by atoms with van der Waals surface area (Å²) in [5.74, 6) is -0.0344. The van der Waals surface area contributed by atoms with E-state index in [4.69, 9.17) is 0 Å². The number of benzene rings is 1. The molecule has 1 aromatic carbocycles. The molecule has 0 atom stereocenters. The fraction of sp³-hybridized carbons (Fsp3) is 0.278. The van der Waals surface area contributed by atoms with Gasteiger partial charge in [-0.3, -0.25) is 14.4 Å². The quantitative estimate of drug-likeness (QED) is 0.845. The molecule has 1 aliphatic rings. The summed E-state index contributed by atoms with van der Waals surface area (Å²) in [6, 6.07) is 12.1. The van der Waals surface area contributed by atoms with Crippen molar-refractivity contribution in [2.75, 3.05) is 5.32 Å². The maximum atomic E-state index is 12.0. The lowest BCUT2D eigenvalue weighted by molar-refractivity contribution is -0.122. The zero-order valence-electron chi connectivity index (χ0n) is 13.2. The molecule has 2 aromatic rings. The first kappa shape index (κ1) is 16.0. The third-order valence-corrected chi connectivity index (χ3v) is 3.85. The number of carbonyl (C=O) groups is 2. The SMILES string of the molecule is O=C(Cn1ccccc1=O)NCc1cccc(NC(=O)C2CC2)c1. The van der Waals surface area contributed by atoms with Gasteiger partial charge in [-0.1, -0.05) is 18.2 Å². The van der Waals surface area contributed by atoms with Crippen LogP contribution in [0.5, 0.6) is 0 Å². The molecule has 0 unspecified atom stereocenters. The van der Waals surface area contributed by atoms with Gasteiger partial charge in [0.05, 0.1) is 0 Å². The Balaban J connectivity index is 1.54. The van der Waals surface area contributed by atoms with Crippen LogP contribution in [-0.4, -0.2) is 16.4 Å². The van der Waals surface area contributed by atoms with Crippen LogP contribution >= 0.6 is 0 Å². The highest BCUT2D eigenvalue weighted by molar-refractivity contribution is 5.94. The van der Waals surface area contributed by atoms with E-state index in [0.717, 1.165) is 24.1 Å². The first-order chi connectivity index (χ1) is 11.6. The van der Waals surface area contributed by atoms with Crippen molar-refractivity contribution >= 4 is 17.5 Å². The van der Waals surface area contributed by atoms with E-state index in [2.05, 4.69) is 10.6 Å². The molecule has 0 radical (unpaired) electrons. The van der Waals surface area contributed by atoms with Crippen LogP contribution in [0.3, 0.4) is 0 Å². The molecule has 0 bridgehead atoms. The monoisotopic (exact) mass is 325 g/mol. The molecule has 1 heterocycles. The minimum Gasteiger partial charge on any atom is -0.350 e. The lowest BCUT2D eigenvalue weighted by Gasteiger charge is -2.09. The van der Waals surface area contributed by atoms with Gasteiger partial charge in [-0.25, -0.2) is 0 Å². The topological polar surface area (TPSA) is 80.2 Å². The Kier molecular flexibility index (Phi) is 4.74. The van der Waals surface area contributed by atoms with Crippen molar-refractivity contribution in [2.24, 2.45) is 5.92 Å². The average Bonchev–Trinajstić information content (AvgIpc) is 3.40. The largest absolute Gasteiger partial charge is 0.350 e. The zero-order chi connectivity index (χ0) is 16.9. The number of nitrogens with zero attached hydrogens (tertiary/aromatic N) is 1. The zero-order valence-corrected chi connectivity index (χ0v) is 13.2. The van der Waals surface area contributed by atoms with Crippen molar-refractivity contribution in [1.29, 1.82) is 0 Å². The average molecular weight is 325 g/mol. The van der Waals surface area contributed by atoms with Gasteiger partial charge in [0.2, 0.25) is 11.8 Å². The number of carbonyl (C=O) groups excluding carboxylic acids is 2. The van der Waals surface area contributed by atoms with Gasteiger partial charge in [0.25, 0.3) is 5.56 Å². The Hall–Kier alpha value is -2.89. The first-order valence-corrected chi connectivity index (χ1v) is 7.94. The van der Waals surface area contributed by atoms with Crippen LogP contribution in [0.15, 0.2) is 53.5 Å². The highest BCUT2D eigenvalue weighted by atomic mass is 16.2. The molecule has 2 N–H and O–H groups in total. The Morgan fingerprint density at radius 2 is 1.96 bits per heavy atom. The fourth-order valence-electron chi connectivity index (χ4n) is 2.35. The summed E-state index contributed by atoms with van der Waals surface area (Å²) in [6.45, 7) is 0.325. The van der Waals surface area contributed by atoms with Crippen molar-refractivity contribution in [3.8, 4) is 0 Å². The standard InChI is InChI=1S/C18H19N3O3/c22-16(12-21-9-2-1-6-17(21)23)19-11-13-4-3-5-15(10-13)20-18(24)14-7-8-14/h1-6,9-10,14H,7-8,11-12H2,(H,19,22)(H,20,24). The Morgan fingerprint density at radius 1 is 1.12 bits per heavy atom. The van der Waals surface area contributed by atoms with Gasteiger partial charge >= 0.3 is 0 Å². The number of hydrogen-bond acceptors (Lipinski definition) is 3. The van der Waals surface area contributed by atoms with Gasteiger partial charge in [0, 0.05) is 30.4 Å². The van der Waals surface area contributed by atoms with E-state index in [1.165, 1.54) is 10.6 Å². The third-order valence-electron chi connectivity index (χ3n) is 3.85. The second-order valence-corrected chi connectivity index (χ2v) is 5.91. The number of aromatic nitrogens is 1. The Morgan fingerprint density at radius 3 is 2.71 bits per heavy atom. The number of amides is 2. The van der Waals surface area contributed by atoms with Gasteiger partial charge in [-0.05, 0) is 36.6 Å². The Labute approximate surface area is 139 Å². The van der Waals surface area contributed by atoms with Crippen LogP contribution in [0, 0.1) is 5.92 Å². The Bertz CT molecular complexity index is 809. The van der Waals surface area contributed by atoms with E-state index < -0.39 is 0 Å². The van der Waals surface area contributed by atoms with Gasteiger partial charge < -0.3 is 15.2 Å². The molecule has 0 saturated heterocycles. The molecule has 1 aromatic heterocycles. The molecule has 1 aliphatic carbocycles. The predicted octanol–water partition coefficient (Wildman–Crippen LogP) is 1.51. The molecular formula is C18H19N3O3. The molecule has 6 heteroatoms. The number of hydrogen-bond donors (Lipinski definition) is 2. The van der Waals surface area contributed by atoms with Gasteiger partial charge in [0.1, 0.15) is 6.54 Å². The van der Waals surface area contributed by atoms with E-state index in [0.29, 0.717) is 6.54 Å². The molecule has 0 aliphatic heterocycles. The van der Waals surface area contributed by atoms with Crippen LogP contribution in [-0.2, 0) is 22.7 Å². The molecule has 2 amide bonds. The minimum atomic E-state index is -0.240. The minimum absolute atomic E-state index is 0.0161. The van der Waals surface area contributed by atoms with Crippen molar-refractivity contribution in [2.45, 2.75) is 25.9 Å². The number of rotatable bonds is 6. The van der Waals surface area contributed by atoms with E-state index in [9.17, 15) is 14.4 Å². The third kappa shape index (κ3) is 4.32. The van der Waals surface area contributed by atoms with E-state index in [1.54, 1.807) is 18.3 Å². The fourth-order valence-corrected chi connectivity index (χ4v) is 2.35. The lowest BCUT2D eigenvalue weighted by Crippen LogP contribution is -2.31. The molecule has 1 saturated carbocycles. The van der Waals surface area contributed by atoms with Crippen molar-refractivity contribution in [1.82, 2.24) is 9.88 Å². The number of nitrogens with one attached hydrogen (secondary N) is 2. The molecule has 0 spiro atoms. The molecule has 24 heavy (non-hydrogen) atoms. The summed E-state index contributed by atoms with van der Waals surface area (Å²) in [6.07, 6.45) is 3.50. The van der Waals surface area contributed by atoms with E-state index in [-0.39, 0.29) is 29.8 Å². The first-order valence-electron chi connectivity index (χ1n) is 7.94. The van der Waals surface area contributed by atoms with Crippen LogP contribution < -0.4 is 16.2 Å². The van der Waals surface area contributed by atoms with Gasteiger partial charge in [0.15, 0.2) is 0 Å². The molecular weight excluding hydrogens is 306 g/mol. The van der Waals surface area contributed by atoms with E-state index in [1.807, 2.05) is 24.3 Å². The smallest absolute Gasteiger partial charge is 0.250 e. The number of pyridine rings is 1. The van der Waals surface area contributed by atoms with Crippen LogP contribution in [0.25, 0.3) is 0 Å².